The molecular formula is C18H18O4. The maximum absolute atomic E-state index is 12.0. The Morgan fingerprint density at radius 2 is 1.36 bits per heavy atom. The Labute approximate surface area is 129 Å². The summed E-state index contributed by atoms with van der Waals surface area (Å²) in [5.74, 6) is -0.835. The molecule has 0 fully saturated rings. The number of esters is 2. The van der Waals surface area contributed by atoms with Gasteiger partial charge in [0.05, 0.1) is 11.1 Å². The van der Waals surface area contributed by atoms with Crippen molar-refractivity contribution in [3.63, 3.8) is 0 Å². The number of benzene rings is 2. The molecule has 0 radical (unpaired) electrons. The van der Waals surface area contributed by atoms with E-state index in [9.17, 15) is 9.59 Å². The zero-order valence-corrected chi connectivity index (χ0v) is 12.4. The smallest absolute Gasteiger partial charge is 0.338 e. The first-order chi connectivity index (χ1) is 10.7. The molecule has 2 aromatic rings. The van der Waals surface area contributed by atoms with Crippen molar-refractivity contribution in [2.75, 3.05) is 6.61 Å². The van der Waals surface area contributed by atoms with Gasteiger partial charge in [-0.3, -0.25) is 0 Å². The van der Waals surface area contributed by atoms with Crippen molar-refractivity contribution in [1.82, 2.24) is 0 Å². The van der Waals surface area contributed by atoms with E-state index in [2.05, 4.69) is 0 Å². The second kappa shape index (κ2) is 7.98. The van der Waals surface area contributed by atoms with Gasteiger partial charge in [-0.25, -0.2) is 9.59 Å². The highest BCUT2D eigenvalue weighted by molar-refractivity contribution is 5.90. The van der Waals surface area contributed by atoms with Gasteiger partial charge in [0, 0.05) is 0 Å². The molecule has 0 aromatic heterocycles. The lowest BCUT2D eigenvalue weighted by Crippen LogP contribution is -2.24. The number of ether oxygens (including phenoxy) is 2. The van der Waals surface area contributed by atoms with E-state index >= 15 is 0 Å². The molecule has 0 spiro atoms. The van der Waals surface area contributed by atoms with Crippen LogP contribution >= 0.6 is 0 Å². The zero-order chi connectivity index (χ0) is 15.8. The molecule has 1 atom stereocenters. The third kappa shape index (κ3) is 4.45. The molecule has 1 unspecified atom stereocenters. The lowest BCUT2D eigenvalue weighted by molar-refractivity contribution is -0.00145. The number of hydrogen-bond acceptors (Lipinski definition) is 4. The Morgan fingerprint density at radius 3 is 1.86 bits per heavy atom. The van der Waals surface area contributed by atoms with Gasteiger partial charge in [-0.2, -0.15) is 0 Å². The molecule has 4 nitrogen and oxygen atoms in total. The highest BCUT2D eigenvalue weighted by atomic mass is 16.6. The molecular weight excluding hydrogens is 280 g/mol. The molecule has 2 aromatic carbocycles. The van der Waals surface area contributed by atoms with Gasteiger partial charge < -0.3 is 9.47 Å². The van der Waals surface area contributed by atoms with E-state index in [4.69, 9.17) is 9.47 Å². The SMILES string of the molecule is CCC(COC(=O)c1ccccc1)OC(=O)c1ccccc1. The van der Waals surface area contributed by atoms with Crippen LogP contribution in [0.5, 0.6) is 0 Å². The summed E-state index contributed by atoms with van der Waals surface area (Å²) < 4.78 is 10.6. The van der Waals surface area contributed by atoms with Gasteiger partial charge in [0.15, 0.2) is 0 Å². The van der Waals surface area contributed by atoms with Crippen LogP contribution in [0.1, 0.15) is 34.1 Å². The molecule has 0 aliphatic carbocycles. The lowest BCUT2D eigenvalue weighted by atomic mass is 10.2. The first kappa shape index (κ1) is 15.8. The largest absolute Gasteiger partial charge is 0.458 e. The molecule has 0 heterocycles. The van der Waals surface area contributed by atoms with Gasteiger partial charge in [0.2, 0.25) is 0 Å². The van der Waals surface area contributed by atoms with Crippen molar-refractivity contribution in [1.29, 1.82) is 0 Å². The van der Waals surface area contributed by atoms with E-state index < -0.39 is 18.0 Å². The Bertz CT molecular complexity index is 607. The minimum atomic E-state index is -0.458. The van der Waals surface area contributed by atoms with Crippen molar-refractivity contribution in [3.8, 4) is 0 Å². The van der Waals surface area contributed by atoms with Crippen LogP contribution in [0.15, 0.2) is 60.7 Å². The number of hydrogen-bond donors (Lipinski definition) is 0. The van der Waals surface area contributed by atoms with Gasteiger partial charge >= 0.3 is 11.9 Å². The third-order valence-electron chi connectivity index (χ3n) is 3.15. The normalized spacial score (nSPS) is 11.5. The van der Waals surface area contributed by atoms with Crippen LogP contribution in [0.4, 0.5) is 0 Å². The number of carbonyl (C=O) groups excluding carboxylic acids is 2. The monoisotopic (exact) mass is 298 g/mol. The molecule has 2 rings (SSSR count). The summed E-state index contributed by atoms with van der Waals surface area (Å²) in [4.78, 5) is 23.8. The fourth-order valence-electron chi connectivity index (χ4n) is 1.86. The number of rotatable bonds is 6. The molecule has 114 valence electrons. The van der Waals surface area contributed by atoms with Crippen LogP contribution in [-0.4, -0.2) is 24.6 Å². The van der Waals surface area contributed by atoms with E-state index in [1.807, 2.05) is 19.1 Å². The van der Waals surface area contributed by atoms with Crippen LogP contribution in [-0.2, 0) is 9.47 Å². The van der Waals surface area contributed by atoms with Gasteiger partial charge in [0.1, 0.15) is 12.7 Å². The van der Waals surface area contributed by atoms with Crippen LogP contribution < -0.4 is 0 Å². The maximum Gasteiger partial charge on any atom is 0.338 e. The second-order valence-corrected chi connectivity index (χ2v) is 4.77. The third-order valence-corrected chi connectivity index (χ3v) is 3.15. The second-order valence-electron chi connectivity index (χ2n) is 4.77. The summed E-state index contributed by atoms with van der Waals surface area (Å²) in [7, 11) is 0. The standard InChI is InChI=1S/C18H18O4/c1-2-16(22-18(20)15-11-7-4-8-12-15)13-21-17(19)14-9-5-3-6-10-14/h3-12,16H,2,13H2,1H3. The molecule has 0 N–H and O–H groups in total. The summed E-state index contributed by atoms with van der Waals surface area (Å²) in [6, 6.07) is 17.5. The fraction of sp³-hybridized carbons (Fsp3) is 0.222. The highest BCUT2D eigenvalue weighted by Crippen LogP contribution is 2.08. The Balaban J connectivity index is 1.87. The van der Waals surface area contributed by atoms with Crippen molar-refractivity contribution in [2.24, 2.45) is 0 Å². The van der Waals surface area contributed by atoms with Crippen molar-refractivity contribution in [2.45, 2.75) is 19.4 Å². The molecule has 0 saturated heterocycles. The summed E-state index contributed by atoms with van der Waals surface area (Å²) in [5, 5.41) is 0. The molecule has 0 aliphatic rings. The quantitative estimate of drug-likeness (QED) is 0.766. The van der Waals surface area contributed by atoms with Gasteiger partial charge in [0.25, 0.3) is 0 Å². The predicted molar refractivity (Wildman–Crippen MR) is 82.7 cm³/mol. The molecule has 22 heavy (non-hydrogen) atoms. The van der Waals surface area contributed by atoms with E-state index in [0.29, 0.717) is 17.5 Å². The van der Waals surface area contributed by atoms with Crippen LogP contribution in [0.3, 0.4) is 0 Å². The number of carbonyl (C=O) groups is 2. The minimum absolute atomic E-state index is 0.0444. The summed E-state index contributed by atoms with van der Waals surface area (Å²) in [6.07, 6.45) is 0.112. The topological polar surface area (TPSA) is 52.6 Å². The fourth-order valence-corrected chi connectivity index (χ4v) is 1.86. The van der Waals surface area contributed by atoms with Crippen LogP contribution in [0, 0.1) is 0 Å². The van der Waals surface area contributed by atoms with Crippen molar-refractivity contribution in [3.05, 3.63) is 71.8 Å². The highest BCUT2D eigenvalue weighted by Gasteiger charge is 2.17. The predicted octanol–water partition coefficient (Wildman–Crippen LogP) is 3.48. The average molecular weight is 298 g/mol. The Kier molecular flexibility index (Phi) is 5.72. The van der Waals surface area contributed by atoms with E-state index in [1.54, 1.807) is 48.5 Å². The summed E-state index contributed by atoms with van der Waals surface area (Å²) in [6.45, 7) is 1.92. The van der Waals surface area contributed by atoms with Gasteiger partial charge in [-0.15, -0.1) is 0 Å². The molecule has 0 aliphatic heterocycles. The molecule has 0 saturated carbocycles. The Morgan fingerprint density at radius 1 is 0.864 bits per heavy atom. The van der Waals surface area contributed by atoms with E-state index in [0.717, 1.165) is 0 Å². The molecule has 4 heteroatoms. The first-order valence-electron chi connectivity index (χ1n) is 7.19. The Hall–Kier alpha value is -2.62. The lowest BCUT2D eigenvalue weighted by Gasteiger charge is -2.16. The van der Waals surface area contributed by atoms with Crippen LogP contribution in [0.2, 0.25) is 0 Å². The van der Waals surface area contributed by atoms with E-state index in [1.165, 1.54) is 0 Å². The van der Waals surface area contributed by atoms with Crippen molar-refractivity contribution < 1.29 is 19.1 Å². The maximum atomic E-state index is 12.0. The van der Waals surface area contributed by atoms with Gasteiger partial charge in [-0.05, 0) is 30.7 Å². The molecule has 0 bridgehead atoms. The first-order valence-corrected chi connectivity index (χ1v) is 7.19. The van der Waals surface area contributed by atoms with E-state index in [-0.39, 0.29) is 6.61 Å². The summed E-state index contributed by atoms with van der Waals surface area (Å²) >= 11 is 0. The van der Waals surface area contributed by atoms with Gasteiger partial charge in [-0.1, -0.05) is 43.3 Å². The van der Waals surface area contributed by atoms with Crippen LogP contribution in [0.25, 0.3) is 0 Å². The zero-order valence-electron chi connectivity index (χ0n) is 12.4. The average Bonchev–Trinajstić information content (AvgIpc) is 2.59. The molecule has 0 amide bonds. The summed E-state index contributed by atoms with van der Waals surface area (Å²) in [5.41, 5.74) is 0.960. The minimum Gasteiger partial charge on any atom is -0.458 e. The van der Waals surface area contributed by atoms with Crippen molar-refractivity contribution >= 4 is 11.9 Å².